The number of halogens is 1. The number of hydrogen-bond acceptors (Lipinski definition) is 4. The van der Waals surface area contributed by atoms with E-state index in [9.17, 15) is 4.39 Å². The van der Waals surface area contributed by atoms with Crippen molar-refractivity contribution in [2.24, 2.45) is 5.73 Å². The molecule has 0 aliphatic carbocycles. The van der Waals surface area contributed by atoms with Crippen LogP contribution >= 0.6 is 11.8 Å². The SMILES string of the molecule is C[C@@H](N)c1c(F)cccc1Sc1ccncn1. The molecule has 1 aromatic heterocycles. The molecule has 5 heteroatoms. The van der Waals surface area contributed by atoms with Gasteiger partial charge in [-0.2, -0.15) is 0 Å². The van der Waals surface area contributed by atoms with Crippen molar-refractivity contribution in [3.05, 3.63) is 48.2 Å². The quantitative estimate of drug-likeness (QED) is 0.850. The lowest BCUT2D eigenvalue weighted by molar-refractivity contribution is 0.585. The summed E-state index contributed by atoms with van der Waals surface area (Å²) in [5, 5.41) is 0.771. The predicted octanol–water partition coefficient (Wildman–Crippen LogP) is 2.79. The first-order valence-corrected chi connectivity index (χ1v) is 5.98. The Kier molecular flexibility index (Phi) is 3.71. The minimum atomic E-state index is -0.347. The molecule has 0 amide bonds. The van der Waals surface area contributed by atoms with Gasteiger partial charge in [-0.05, 0) is 25.1 Å². The predicted molar refractivity (Wildman–Crippen MR) is 65.2 cm³/mol. The molecule has 3 nitrogen and oxygen atoms in total. The van der Waals surface area contributed by atoms with Crippen LogP contribution in [-0.4, -0.2) is 9.97 Å². The van der Waals surface area contributed by atoms with Gasteiger partial charge in [-0.15, -0.1) is 0 Å². The second-order valence-electron chi connectivity index (χ2n) is 3.59. The summed E-state index contributed by atoms with van der Waals surface area (Å²) in [6.07, 6.45) is 3.12. The first kappa shape index (κ1) is 12.0. The summed E-state index contributed by atoms with van der Waals surface area (Å²) in [5.74, 6) is -0.279. The van der Waals surface area contributed by atoms with E-state index in [-0.39, 0.29) is 11.9 Å². The molecule has 1 aromatic carbocycles. The third-order valence-electron chi connectivity index (χ3n) is 2.24. The Morgan fingerprint density at radius 1 is 1.35 bits per heavy atom. The fraction of sp³-hybridized carbons (Fsp3) is 0.167. The van der Waals surface area contributed by atoms with Crippen LogP contribution < -0.4 is 5.73 Å². The fourth-order valence-corrected chi connectivity index (χ4v) is 2.49. The Bertz CT molecular complexity index is 502. The van der Waals surface area contributed by atoms with Crippen molar-refractivity contribution in [3.63, 3.8) is 0 Å². The van der Waals surface area contributed by atoms with Crippen LogP contribution in [0.15, 0.2) is 46.7 Å². The van der Waals surface area contributed by atoms with Gasteiger partial charge in [0.25, 0.3) is 0 Å². The molecule has 0 radical (unpaired) electrons. The van der Waals surface area contributed by atoms with Crippen LogP contribution in [0.5, 0.6) is 0 Å². The van der Waals surface area contributed by atoms with Crippen LogP contribution in [0, 0.1) is 5.82 Å². The highest BCUT2D eigenvalue weighted by molar-refractivity contribution is 7.99. The fourth-order valence-electron chi connectivity index (χ4n) is 1.50. The van der Waals surface area contributed by atoms with Gasteiger partial charge in [0.1, 0.15) is 17.2 Å². The highest BCUT2D eigenvalue weighted by atomic mass is 32.2. The summed E-state index contributed by atoms with van der Waals surface area (Å²) in [6, 6.07) is 6.36. The van der Waals surface area contributed by atoms with Crippen molar-refractivity contribution >= 4 is 11.8 Å². The highest BCUT2D eigenvalue weighted by Gasteiger charge is 2.13. The van der Waals surface area contributed by atoms with E-state index < -0.39 is 0 Å². The van der Waals surface area contributed by atoms with Crippen LogP contribution in [0.3, 0.4) is 0 Å². The third kappa shape index (κ3) is 2.81. The molecule has 2 aromatic rings. The van der Waals surface area contributed by atoms with Gasteiger partial charge < -0.3 is 5.73 Å². The standard InChI is InChI=1S/C12H12FN3S/c1-8(14)12-9(13)3-2-4-10(12)17-11-5-6-15-7-16-11/h2-8H,14H2,1H3/t8-/m1/s1. The van der Waals surface area contributed by atoms with Crippen molar-refractivity contribution < 1.29 is 4.39 Å². The summed E-state index contributed by atoms with van der Waals surface area (Å²) in [4.78, 5) is 8.72. The average molecular weight is 249 g/mol. The molecule has 88 valence electrons. The molecule has 1 atom stereocenters. The van der Waals surface area contributed by atoms with E-state index in [4.69, 9.17) is 5.73 Å². The molecular weight excluding hydrogens is 237 g/mol. The molecule has 0 spiro atoms. The molecule has 0 fully saturated rings. The molecule has 0 saturated carbocycles. The van der Waals surface area contributed by atoms with Gasteiger partial charge in [0, 0.05) is 22.7 Å². The van der Waals surface area contributed by atoms with Crippen molar-refractivity contribution in [1.82, 2.24) is 9.97 Å². The molecule has 0 bridgehead atoms. The van der Waals surface area contributed by atoms with Crippen LogP contribution in [0.25, 0.3) is 0 Å². The van der Waals surface area contributed by atoms with Gasteiger partial charge in [0.05, 0.1) is 0 Å². The Balaban J connectivity index is 2.36. The lowest BCUT2D eigenvalue weighted by Gasteiger charge is -2.12. The number of nitrogens with two attached hydrogens (primary N) is 1. The van der Waals surface area contributed by atoms with E-state index in [0.717, 1.165) is 9.92 Å². The first-order valence-electron chi connectivity index (χ1n) is 5.16. The van der Waals surface area contributed by atoms with Crippen LogP contribution in [0.4, 0.5) is 4.39 Å². The Hall–Kier alpha value is -1.46. The largest absolute Gasteiger partial charge is 0.324 e. The number of benzene rings is 1. The molecule has 0 saturated heterocycles. The normalized spacial score (nSPS) is 12.4. The number of hydrogen-bond donors (Lipinski definition) is 1. The third-order valence-corrected chi connectivity index (χ3v) is 3.26. The highest BCUT2D eigenvalue weighted by Crippen LogP contribution is 2.32. The second kappa shape index (κ2) is 5.25. The van der Waals surface area contributed by atoms with Gasteiger partial charge in [-0.1, -0.05) is 17.8 Å². The van der Waals surface area contributed by atoms with Crippen LogP contribution in [-0.2, 0) is 0 Å². The maximum atomic E-state index is 13.7. The maximum Gasteiger partial charge on any atom is 0.129 e. The van der Waals surface area contributed by atoms with Gasteiger partial charge in [-0.3, -0.25) is 0 Å². The zero-order valence-corrected chi connectivity index (χ0v) is 10.1. The van der Waals surface area contributed by atoms with Crippen molar-refractivity contribution in [2.75, 3.05) is 0 Å². The van der Waals surface area contributed by atoms with Gasteiger partial charge in [-0.25, -0.2) is 14.4 Å². The van der Waals surface area contributed by atoms with Crippen LogP contribution in [0.1, 0.15) is 18.5 Å². The molecular formula is C12H12FN3S. The molecule has 0 unspecified atom stereocenters. The summed E-state index contributed by atoms with van der Waals surface area (Å²) in [5.41, 5.74) is 6.31. The molecule has 0 aliphatic rings. The summed E-state index contributed by atoms with van der Waals surface area (Å²) in [7, 11) is 0. The van der Waals surface area contributed by atoms with Crippen molar-refractivity contribution in [1.29, 1.82) is 0 Å². The van der Waals surface area contributed by atoms with Gasteiger partial charge in [0.2, 0.25) is 0 Å². The van der Waals surface area contributed by atoms with Crippen molar-refractivity contribution in [2.45, 2.75) is 22.9 Å². The number of nitrogens with zero attached hydrogens (tertiary/aromatic N) is 2. The first-order chi connectivity index (χ1) is 8.18. The van der Waals surface area contributed by atoms with E-state index in [1.807, 2.05) is 6.07 Å². The van der Waals surface area contributed by atoms with Crippen LogP contribution in [0.2, 0.25) is 0 Å². The minimum Gasteiger partial charge on any atom is -0.324 e. The minimum absolute atomic E-state index is 0.279. The molecule has 17 heavy (non-hydrogen) atoms. The van der Waals surface area contributed by atoms with Gasteiger partial charge in [0.15, 0.2) is 0 Å². The monoisotopic (exact) mass is 249 g/mol. The van der Waals surface area contributed by atoms with Crippen molar-refractivity contribution in [3.8, 4) is 0 Å². The van der Waals surface area contributed by atoms with E-state index in [1.165, 1.54) is 24.2 Å². The number of aromatic nitrogens is 2. The number of rotatable bonds is 3. The lowest BCUT2D eigenvalue weighted by Crippen LogP contribution is -2.09. The van der Waals surface area contributed by atoms with E-state index in [0.29, 0.717) is 5.56 Å². The van der Waals surface area contributed by atoms with E-state index in [2.05, 4.69) is 9.97 Å². The Labute approximate surface area is 103 Å². The zero-order valence-electron chi connectivity index (χ0n) is 9.30. The summed E-state index contributed by atoms with van der Waals surface area (Å²) >= 11 is 1.39. The molecule has 2 N–H and O–H groups in total. The smallest absolute Gasteiger partial charge is 0.129 e. The molecule has 0 aliphatic heterocycles. The average Bonchev–Trinajstić information content (AvgIpc) is 2.30. The summed E-state index contributed by atoms with van der Waals surface area (Å²) in [6.45, 7) is 1.77. The Morgan fingerprint density at radius 3 is 2.82 bits per heavy atom. The maximum absolute atomic E-state index is 13.7. The zero-order chi connectivity index (χ0) is 12.3. The Morgan fingerprint density at radius 2 is 2.18 bits per heavy atom. The molecule has 2 rings (SSSR count). The summed E-state index contributed by atoms with van der Waals surface area (Å²) < 4.78 is 13.7. The van der Waals surface area contributed by atoms with E-state index in [1.54, 1.807) is 25.3 Å². The second-order valence-corrected chi connectivity index (χ2v) is 4.65. The van der Waals surface area contributed by atoms with Gasteiger partial charge >= 0.3 is 0 Å². The lowest BCUT2D eigenvalue weighted by atomic mass is 10.1. The topological polar surface area (TPSA) is 51.8 Å². The van der Waals surface area contributed by atoms with E-state index >= 15 is 0 Å². The molecule has 1 heterocycles.